The molecule has 0 saturated carbocycles. The van der Waals surface area contributed by atoms with Gasteiger partial charge in [0, 0.05) is 31.3 Å². The number of aryl methyl sites for hydroxylation is 1. The summed E-state index contributed by atoms with van der Waals surface area (Å²) in [5, 5.41) is 11.1. The van der Waals surface area contributed by atoms with Gasteiger partial charge in [-0.3, -0.25) is 9.78 Å². The second-order valence-corrected chi connectivity index (χ2v) is 7.05. The molecule has 1 amide bonds. The number of amides is 1. The maximum absolute atomic E-state index is 12.6. The summed E-state index contributed by atoms with van der Waals surface area (Å²) >= 11 is 0. The van der Waals surface area contributed by atoms with Crippen molar-refractivity contribution >= 4 is 11.9 Å². The highest BCUT2D eigenvalue weighted by Crippen LogP contribution is 2.32. The first kappa shape index (κ1) is 23.3. The van der Waals surface area contributed by atoms with Gasteiger partial charge in [-0.2, -0.15) is 18.2 Å². The molecule has 1 saturated heterocycles. The summed E-state index contributed by atoms with van der Waals surface area (Å²) in [5.41, 5.74) is 1.08. The highest BCUT2D eigenvalue weighted by atomic mass is 19.4. The number of pyridine rings is 1. The number of carboxylic acids is 1. The van der Waals surface area contributed by atoms with E-state index < -0.39 is 12.1 Å². The van der Waals surface area contributed by atoms with Crippen molar-refractivity contribution in [1.29, 1.82) is 0 Å². The van der Waals surface area contributed by atoms with Crippen molar-refractivity contribution in [3.8, 4) is 0 Å². The monoisotopic (exact) mass is 428 g/mol. The van der Waals surface area contributed by atoms with Crippen LogP contribution < -0.4 is 0 Å². The van der Waals surface area contributed by atoms with Gasteiger partial charge in [0.25, 0.3) is 0 Å². The highest BCUT2D eigenvalue weighted by Gasteiger charge is 2.38. The zero-order valence-corrected chi connectivity index (χ0v) is 16.6. The lowest BCUT2D eigenvalue weighted by Gasteiger charge is -2.21. The molecule has 0 radical (unpaired) electrons. The first-order valence-corrected chi connectivity index (χ1v) is 9.41. The fourth-order valence-electron chi connectivity index (χ4n) is 2.88. The molecule has 2 aromatic rings. The number of hydrogen-bond donors (Lipinski definition) is 1. The summed E-state index contributed by atoms with van der Waals surface area (Å²) in [5.74, 6) is -1.12. The maximum atomic E-state index is 12.6. The zero-order chi connectivity index (χ0) is 22.3. The normalized spacial score (nSPS) is 16.3. The van der Waals surface area contributed by atoms with Gasteiger partial charge in [-0.25, -0.2) is 4.79 Å². The first-order chi connectivity index (χ1) is 14.1. The van der Waals surface area contributed by atoms with E-state index in [9.17, 15) is 18.0 Å². The van der Waals surface area contributed by atoms with Gasteiger partial charge in [0.1, 0.15) is 6.04 Å². The number of carbonyl (C=O) groups is 2. The van der Waals surface area contributed by atoms with Crippen LogP contribution in [0.3, 0.4) is 0 Å². The van der Waals surface area contributed by atoms with E-state index >= 15 is 0 Å². The average molecular weight is 428 g/mol. The lowest BCUT2D eigenvalue weighted by atomic mass is 10.1. The van der Waals surface area contributed by atoms with Gasteiger partial charge in [-0.1, -0.05) is 25.1 Å². The molecule has 1 fully saturated rings. The lowest BCUT2D eigenvalue weighted by molar-refractivity contribution is -0.192. The van der Waals surface area contributed by atoms with Gasteiger partial charge < -0.3 is 14.5 Å². The summed E-state index contributed by atoms with van der Waals surface area (Å²) in [6, 6.07) is 3.82. The molecule has 3 heterocycles. The molecule has 1 aliphatic rings. The lowest BCUT2D eigenvalue weighted by Crippen LogP contribution is -2.30. The summed E-state index contributed by atoms with van der Waals surface area (Å²) < 4.78 is 37.1. The number of aromatic nitrogens is 3. The molecule has 8 nitrogen and oxygen atoms in total. The van der Waals surface area contributed by atoms with Crippen molar-refractivity contribution in [3.63, 3.8) is 0 Å². The summed E-state index contributed by atoms with van der Waals surface area (Å²) in [4.78, 5) is 31.9. The average Bonchev–Trinajstić information content (AvgIpc) is 3.36. The van der Waals surface area contributed by atoms with Gasteiger partial charge in [0.05, 0.1) is 0 Å². The molecule has 2 aromatic heterocycles. The fourth-order valence-corrected chi connectivity index (χ4v) is 2.88. The number of aliphatic carboxylic acids is 1. The molecule has 1 N–H and O–H groups in total. The molecule has 30 heavy (non-hydrogen) atoms. The van der Waals surface area contributed by atoms with Gasteiger partial charge in [0.15, 0.2) is 5.82 Å². The van der Waals surface area contributed by atoms with E-state index in [0.717, 1.165) is 24.9 Å². The van der Waals surface area contributed by atoms with E-state index in [4.69, 9.17) is 14.4 Å². The molecular formula is C19H23F3N4O4. The van der Waals surface area contributed by atoms with Crippen LogP contribution in [0.25, 0.3) is 0 Å². The zero-order valence-electron chi connectivity index (χ0n) is 16.6. The van der Waals surface area contributed by atoms with E-state index in [2.05, 4.69) is 15.1 Å². The van der Waals surface area contributed by atoms with Gasteiger partial charge in [-0.15, -0.1) is 0 Å². The number of likely N-dealkylation sites (tertiary alicyclic amines) is 1. The van der Waals surface area contributed by atoms with E-state index in [0.29, 0.717) is 24.6 Å². The summed E-state index contributed by atoms with van der Waals surface area (Å²) in [7, 11) is 0. The van der Waals surface area contributed by atoms with Crippen LogP contribution >= 0.6 is 0 Å². The largest absolute Gasteiger partial charge is 0.490 e. The fraction of sp³-hybridized carbons (Fsp3) is 0.526. The Morgan fingerprint density at radius 3 is 2.60 bits per heavy atom. The molecule has 1 unspecified atom stereocenters. The Morgan fingerprint density at radius 1 is 1.37 bits per heavy atom. The van der Waals surface area contributed by atoms with Crippen LogP contribution in [0, 0.1) is 0 Å². The van der Waals surface area contributed by atoms with Gasteiger partial charge >= 0.3 is 12.1 Å². The predicted octanol–water partition coefficient (Wildman–Crippen LogP) is 3.52. The molecule has 0 spiro atoms. The first-order valence-electron chi connectivity index (χ1n) is 9.41. The van der Waals surface area contributed by atoms with Crippen molar-refractivity contribution in [3.05, 3.63) is 41.8 Å². The molecule has 0 bridgehead atoms. The molecular weight excluding hydrogens is 405 g/mol. The minimum Gasteiger partial charge on any atom is -0.475 e. The standard InChI is InChI=1S/C17H22N4O2.C2HF3O2/c1-12(2)16-19-17(23-20-16)14-6-4-10-21(14)15(22)8-7-13-5-3-9-18-11-13;3-2(4,5)1(6)7/h3,5,9,11-12,14H,4,6-8,10H2,1-2H3;(H,6,7). The van der Waals surface area contributed by atoms with Crippen molar-refractivity contribution in [1.82, 2.24) is 20.0 Å². The van der Waals surface area contributed by atoms with Crippen molar-refractivity contribution in [2.24, 2.45) is 0 Å². The molecule has 0 aromatic carbocycles. The molecule has 1 atom stereocenters. The number of nitrogens with zero attached hydrogens (tertiary/aromatic N) is 4. The molecule has 1 aliphatic heterocycles. The van der Waals surface area contributed by atoms with Crippen LogP contribution in [0.4, 0.5) is 13.2 Å². The van der Waals surface area contributed by atoms with Gasteiger partial charge in [-0.05, 0) is 30.9 Å². The van der Waals surface area contributed by atoms with Crippen molar-refractivity contribution in [2.45, 2.75) is 57.7 Å². The minimum absolute atomic E-state index is 0.0728. The number of rotatable bonds is 5. The smallest absolute Gasteiger partial charge is 0.475 e. The summed E-state index contributed by atoms with van der Waals surface area (Å²) in [6.45, 7) is 4.82. The molecule has 3 rings (SSSR count). The third-order valence-corrected chi connectivity index (χ3v) is 4.42. The Kier molecular flexibility index (Phi) is 7.90. The Hall–Kier alpha value is -2.98. The van der Waals surface area contributed by atoms with E-state index in [1.807, 2.05) is 37.1 Å². The van der Waals surface area contributed by atoms with Crippen LogP contribution in [0.2, 0.25) is 0 Å². The maximum Gasteiger partial charge on any atom is 0.490 e. The van der Waals surface area contributed by atoms with Crippen LogP contribution in [-0.2, 0) is 16.0 Å². The Morgan fingerprint density at radius 2 is 2.07 bits per heavy atom. The number of halogens is 3. The van der Waals surface area contributed by atoms with Crippen molar-refractivity contribution in [2.75, 3.05) is 6.54 Å². The SMILES string of the molecule is CC(C)c1noc(C2CCCN2C(=O)CCc2cccnc2)n1.O=C(O)C(F)(F)F. The van der Waals surface area contributed by atoms with E-state index in [-0.39, 0.29) is 17.9 Å². The van der Waals surface area contributed by atoms with E-state index in [1.165, 1.54) is 0 Å². The van der Waals surface area contributed by atoms with Crippen LogP contribution in [0.1, 0.15) is 62.3 Å². The van der Waals surface area contributed by atoms with Crippen molar-refractivity contribution < 1.29 is 32.4 Å². The third kappa shape index (κ3) is 6.53. The Balaban J connectivity index is 0.000000396. The number of carbonyl (C=O) groups excluding carboxylic acids is 1. The third-order valence-electron chi connectivity index (χ3n) is 4.42. The highest BCUT2D eigenvalue weighted by molar-refractivity contribution is 5.77. The number of alkyl halides is 3. The van der Waals surface area contributed by atoms with Crippen LogP contribution in [0.15, 0.2) is 29.0 Å². The Bertz CT molecular complexity index is 840. The second kappa shape index (κ2) is 10.2. The topological polar surface area (TPSA) is 109 Å². The van der Waals surface area contributed by atoms with Gasteiger partial charge in [0.2, 0.25) is 11.8 Å². The number of carboxylic acid groups (broad SMARTS) is 1. The minimum atomic E-state index is -5.08. The van der Waals surface area contributed by atoms with Crippen LogP contribution in [-0.4, -0.2) is 49.7 Å². The molecule has 164 valence electrons. The predicted molar refractivity (Wildman–Crippen MR) is 98.3 cm³/mol. The number of hydrogen-bond acceptors (Lipinski definition) is 6. The Labute approximate surface area is 171 Å². The molecule has 11 heteroatoms. The second-order valence-electron chi connectivity index (χ2n) is 7.05. The van der Waals surface area contributed by atoms with E-state index in [1.54, 1.807) is 6.20 Å². The quantitative estimate of drug-likeness (QED) is 0.776. The summed E-state index contributed by atoms with van der Waals surface area (Å²) in [6.07, 6.45) is 1.51. The molecule has 0 aliphatic carbocycles. The van der Waals surface area contributed by atoms with Crippen LogP contribution in [0.5, 0.6) is 0 Å².